The molecule has 0 aromatic rings. The Hall–Kier alpha value is -0.650. The lowest BCUT2D eigenvalue weighted by Crippen LogP contribution is -2.44. The molecule has 104 valence electrons. The van der Waals surface area contributed by atoms with Crippen molar-refractivity contribution in [3.8, 4) is 0 Å². The van der Waals surface area contributed by atoms with Crippen molar-refractivity contribution in [1.29, 1.82) is 0 Å². The van der Waals surface area contributed by atoms with Crippen molar-refractivity contribution >= 4 is 5.91 Å². The molecule has 1 saturated carbocycles. The van der Waals surface area contributed by atoms with E-state index in [1.807, 2.05) is 6.92 Å². The first-order chi connectivity index (χ1) is 8.63. The Balaban J connectivity index is 1.82. The maximum absolute atomic E-state index is 12.2. The SMILES string of the molecule is COC(OC)C(C)NC(=O)C1CC12CCNCC2. The van der Waals surface area contributed by atoms with Gasteiger partial charge < -0.3 is 20.1 Å². The number of rotatable bonds is 5. The van der Waals surface area contributed by atoms with Gasteiger partial charge in [0, 0.05) is 20.1 Å². The summed E-state index contributed by atoms with van der Waals surface area (Å²) < 4.78 is 10.3. The van der Waals surface area contributed by atoms with Gasteiger partial charge in [-0.2, -0.15) is 0 Å². The average Bonchev–Trinajstić information content (AvgIpc) is 3.05. The van der Waals surface area contributed by atoms with Crippen LogP contribution >= 0.6 is 0 Å². The van der Waals surface area contributed by atoms with Crippen LogP contribution in [0.2, 0.25) is 0 Å². The number of hydrogen-bond acceptors (Lipinski definition) is 4. The van der Waals surface area contributed by atoms with Gasteiger partial charge in [-0.15, -0.1) is 0 Å². The molecule has 1 heterocycles. The van der Waals surface area contributed by atoms with E-state index in [0.717, 1.165) is 32.4 Å². The van der Waals surface area contributed by atoms with Crippen molar-refractivity contribution in [3.05, 3.63) is 0 Å². The Morgan fingerprint density at radius 2 is 1.94 bits per heavy atom. The standard InChI is InChI=1S/C13H24N2O3/c1-9(12(17-2)18-3)15-11(16)10-8-13(10)4-6-14-7-5-13/h9-10,12,14H,4-8H2,1-3H3,(H,15,16). The van der Waals surface area contributed by atoms with Crippen molar-refractivity contribution in [1.82, 2.24) is 10.6 Å². The molecule has 1 spiro atoms. The molecule has 1 amide bonds. The fraction of sp³-hybridized carbons (Fsp3) is 0.923. The Morgan fingerprint density at radius 3 is 2.50 bits per heavy atom. The number of methoxy groups -OCH3 is 2. The average molecular weight is 256 g/mol. The van der Waals surface area contributed by atoms with E-state index in [9.17, 15) is 4.79 Å². The largest absolute Gasteiger partial charge is 0.354 e. The normalized spacial score (nSPS) is 27.2. The number of nitrogens with one attached hydrogen (secondary N) is 2. The van der Waals surface area contributed by atoms with Crippen molar-refractivity contribution in [3.63, 3.8) is 0 Å². The molecule has 2 rings (SSSR count). The molecule has 0 aromatic carbocycles. The van der Waals surface area contributed by atoms with Gasteiger partial charge in [-0.25, -0.2) is 0 Å². The van der Waals surface area contributed by atoms with E-state index in [1.54, 1.807) is 14.2 Å². The van der Waals surface area contributed by atoms with E-state index >= 15 is 0 Å². The number of carbonyl (C=O) groups is 1. The molecule has 2 N–H and O–H groups in total. The molecule has 2 atom stereocenters. The van der Waals surface area contributed by atoms with Crippen molar-refractivity contribution in [2.75, 3.05) is 27.3 Å². The third kappa shape index (κ3) is 2.68. The summed E-state index contributed by atoms with van der Waals surface area (Å²) in [6, 6.07) is -0.119. The number of ether oxygens (including phenoxy) is 2. The summed E-state index contributed by atoms with van der Waals surface area (Å²) in [5, 5.41) is 6.35. The number of amides is 1. The lowest BCUT2D eigenvalue weighted by molar-refractivity contribution is -0.137. The summed E-state index contributed by atoms with van der Waals surface area (Å²) in [5.41, 5.74) is 0.282. The van der Waals surface area contributed by atoms with Crippen molar-refractivity contribution in [2.24, 2.45) is 11.3 Å². The molecule has 2 aliphatic rings. The molecule has 1 aliphatic heterocycles. The molecule has 0 radical (unpaired) electrons. The Kier molecular flexibility index (Phi) is 4.25. The van der Waals surface area contributed by atoms with E-state index in [-0.39, 0.29) is 29.6 Å². The molecule has 0 bridgehead atoms. The zero-order chi connectivity index (χ0) is 13.2. The summed E-state index contributed by atoms with van der Waals surface area (Å²) in [4.78, 5) is 12.2. The van der Waals surface area contributed by atoms with E-state index in [1.165, 1.54) is 0 Å². The zero-order valence-corrected chi connectivity index (χ0v) is 11.5. The molecule has 5 heteroatoms. The maximum Gasteiger partial charge on any atom is 0.224 e. The third-order valence-electron chi connectivity index (χ3n) is 4.35. The highest BCUT2D eigenvalue weighted by molar-refractivity contribution is 5.82. The van der Waals surface area contributed by atoms with Crippen LogP contribution in [0.3, 0.4) is 0 Å². The second kappa shape index (κ2) is 5.55. The second-order valence-corrected chi connectivity index (χ2v) is 5.51. The minimum absolute atomic E-state index is 0.119. The molecule has 2 fully saturated rings. The predicted molar refractivity (Wildman–Crippen MR) is 68.1 cm³/mol. The lowest BCUT2D eigenvalue weighted by Gasteiger charge is -2.25. The third-order valence-corrected chi connectivity index (χ3v) is 4.35. The van der Waals surface area contributed by atoms with Gasteiger partial charge in [-0.1, -0.05) is 0 Å². The number of piperidine rings is 1. The van der Waals surface area contributed by atoms with Gasteiger partial charge >= 0.3 is 0 Å². The lowest BCUT2D eigenvalue weighted by atomic mass is 9.91. The first kappa shape index (κ1) is 13.8. The molecule has 18 heavy (non-hydrogen) atoms. The van der Waals surface area contributed by atoms with Gasteiger partial charge in [0.2, 0.25) is 5.91 Å². The summed E-state index contributed by atoms with van der Waals surface area (Å²) in [5.74, 6) is 0.347. The molecule has 1 saturated heterocycles. The van der Waals surface area contributed by atoms with Crippen LogP contribution in [-0.2, 0) is 14.3 Å². The van der Waals surface area contributed by atoms with Crippen LogP contribution in [0, 0.1) is 11.3 Å². The monoisotopic (exact) mass is 256 g/mol. The van der Waals surface area contributed by atoms with E-state index in [4.69, 9.17) is 9.47 Å². The fourth-order valence-electron chi connectivity index (χ4n) is 3.09. The highest BCUT2D eigenvalue weighted by atomic mass is 16.7. The first-order valence-electron chi connectivity index (χ1n) is 6.69. The molecule has 0 aromatic heterocycles. The van der Waals surface area contributed by atoms with Crippen LogP contribution < -0.4 is 10.6 Å². The van der Waals surface area contributed by atoms with Crippen LogP contribution in [0.1, 0.15) is 26.2 Å². The summed E-state index contributed by atoms with van der Waals surface area (Å²) in [6.07, 6.45) is 2.91. The van der Waals surface area contributed by atoms with Gasteiger partial charge in [0.05, 0.1) is 6.04 Å². The summed E-state index contributed by atoms with van der Waals surface area (Å²) in [7, 11) is 3.17. The van der Waals surface area contributed by atoms with Crippen LogP contribution in [0.4, 0.5) is 0 Å². The van der Waals surface area contributed by atoms with Gasteiger partial charge in [-0.05, 0) is 44.7 Å². The smallest absolute Gasteiger partial charge is 0.224 e. The predicted octanol–water partition coefficient (Wildman–Crippen LogP) is 0.500. The van der Waals surface area contributed by atoms with Crippen LogP contribution in [0.25, 0.3) is 0 Å². The topological polar surface area (TPSA) is 59.6 Å². The van der Waals surface area contributed by atoms with E-state index in [0.29, 0.717) is 0 Å². The minimum Gasteiger partial charge on any atom is -0.354 e. The van der Waals surface area contributed by atoms with E-state index in [2.05, 4.69) is 10.6 Å². The highest BCUT2D eigenvalue weighted by Gasteiger charge is 2.57. The maximum atomic E-state index is 12.2. The number of hydrogen-bond donors (Lipinski definition) is 2. The minimum atomic E-state index is -0.378. The quantitative estimate of drug-likeness (QED) is 0.703. The Bertz CT molecular complexity index is 299. The van der Waals surface area contributed by atoms with Crippen molar-refractivity contribution in [2.45, 2.75) is 38.5 Å². The Morgan fingerprint density at radius 1 is 1.33 bits per heavy atom. The van der Waals surface area contributed by atoms with E-state index < -0.39 is 0 Å². The fourth-order valence-corrected chi connectivity index (χ4v) is 3.09. The van der Waals surface area contributed by atoms with Gasteiger partial charge in [0.15, 0.2) is 6.29 Å². The van der Waals surface area contributed by atoms with Gasteiger partial charge in [0.1, 0.15) is 0 Å². The molecular weight excluding hydrogens is 232 g/mol. The van der Waals surface area contributed by atoms with Crippen LogP contribution in [-0.4, -0.2) is 45.5 Å². The van der Waals surface area contributed by atoms with Crippen LogP contribution in [0.5, 0.6) is 0 Å². The van der Waals surface area contributed by atoms with Crippen LogP contribution in [0.15, 0.2) is 0 Å². The Labute approximate surface area is 109 Å². The molecular formula is C13H24N2O3. The molecule has 5 nitrogen and oxygen atoms in total. The summed E-state index contributed by atoms with van der Waals surface area (Å²) in [6.45, 7) is 3.99. The second-order valence-electron chi connectivity index (χ2n) is 5.51. The first-order valence-corrected chi connectivity index (χ1v) is 6.69. The molecule has 2 unspecified atom stereocenters. The highest BCUT2D eigenvalue weighted by Crippen LogP contribution is 2.58. The van der Waals surface area contributed by atoms with Gasteiger partial charge in [0.25, 0.3) is 0 Å². The van der Waals surface area contributed by atoms with Crippen molar-refractivity contribution < 1.29 is 14.3 Å². The molecule has 1 aliphatic carbocycles. The summed E-state index contributed by atoms with van der Waals surface area (Å²) >= 11 is 0. The zero-order valence-electron chi connectivity index (χ0n) is 11.5. The van der Waals surface area contributed by atoms with Gasteiger partial charge in [-0.3, -0.25) is 4.79 Å². The number of carbonyl (C=O) groups excluding carboxylic acids is 1.